The Labute approximate surface area is 176 Å². The van der Waals surface area contributed by atoms with Crippen molar-refractivity contribution in [3.05, 3.63) is 58.6 Å². The van der Waals surface area contributed by atoms with Crippen LogP contribution in [-0.4, -0.2) is 48.8 Å². The van der Waals surface area contributed by atoms with Crippen LogP contribution in [0.3, 0.4) is 0 Å². The molecule has 0 radical (unpaired) electrons. The molecule has 7 heteroatoms. The Morgan fingerprint density at radius 1 is 1.31 bits per heavy atom. The van der Waals surface area contributed by atoms with Gasteiger partial charge in [0, 0.05) is 42.3 Å². The molecule has 6 nitrogen and oxygen atoms in total. The maximum atomic E-state index is 12.4. The summed E-state index contributed by atoms with van der Waals surface area (Å²) in [5.74, 6) is 0.571. The van der Waals surface area contributed by atoms with Crippen molar-refractivity contribution in [2.24, 2.45) is 0 Å². The average Bonchev–Trinajstić information content (AvgIpc) is 2.74. The van der Waals surface area contributed by atoms with Crippen molar-refractivity contribution in [2.75, 3.05) is 38.2 Å². The molecule has 1 heterocycles. The van der Waals surface area contributed by atoms with Gasteiger partial charge in [0.2, 0.25) is 5.91 Å². The van der Waals surface area contributed by atoms with Crippen molar-refractivity contribution >= 4 is 23.2 Å². The molecule has 1 saturated heterocycles. The van der Waals surface area contributed by atoms with Crippen molar-refractivity contribution < 1.29 is 19.4 Å². The van der Waals surface area contributed by atoms with E-state index in [-0.39, 0.29) is 18.6 Å². The van der Waals surface area contributed by atoms with Gasteiger partial charge >= 0.3 is 0 Å². The normalized spacial score (nSPS) is 17.1. The maximum Gasteiger partial charge on any atom is 0.225 e. The molecule has 1 fully saturated rings. The summed E-state index contributed by atoms with van der Waals surface area (Å²) in [6, 6.07) is 13.0. The van der Waals surface area contributed by atoms with E-state index in [1.165, 1.54) is 0 Å². The van der Waals surface area contributed by atoms with Gasteiger partial charge in [0.1, 0.15) is 5.75 Å². The van der Waals surface area contributed by atoms with E-state index in [1.807, 2.05) is 31.2 Å². The molecule has 156 valence electrons. The molecule has 1 unspecified atom stereocenters. The number of anilines is 1. The number of nitrogens with zero attached hydrogens (tertiary/aromatic N) is 1. The molecule has 0 aliphatic carbocycles. The molecular weight excluding hydrogens is 392 g/mol. The Morgan fingerprint density at radius 3 is 2.83 bits per heavy atom. The molecule has 2 N–H and O–H groups in total. The molecule has 1 amide bonds. The largest absolute Gasteiger partial charge is 0.494 e. The summed E-state index contributed by atoms with van der Waals surface area (Å²) >= 11 is 5.96. The fourth-order valence-electron chi connectivity index (χ4n) is 3.34. The van der Waals surface area contributed by atoms with E-state index in [0.29, 0.717) is 48.2 Å². The first-order valence-electron chi connectivity index (χ1n) is 9.85. The van der Waals surface area contributed by atoms with Crippen LogP contribution < -0.4 is 10.1 Å². The molecular formula is C22H27ClN2O4. The lowest BCUT2D eigenvalue weighted by Crippen LogP contribution is -2.39. The number of hydrogen-bond acceptors (Lipinski definition) is 5. The Kier molecular flexibility index (Phi) is 7.89. The number of nitrogens with one attached hydrogen (secondary N) is 1. The van der Waals surface area contributed by atoms with E-state index < -0.39 is 0 Å². The zero-order chi connectivity index (χ0) is 20.6. The highest BCUT2D eigenvalue weighted by atomic mass is 35.5. The molecule has 3 rings (SSSR count). The van der Waals surface area contributed by atoms with E-state index in [1.54, 1.807) is 18.2 Å². The number of benzene rings is 2. The van der Waals surface area contributed by atoms with Gasteiger partial charge in [0.05, 0.1) is 25.9 Å². The Balaban J connectivity index is 1.50. The summed E-state index contributed by atoms with van der Waals surface area (Å²) < 4.78 is 11.3. The third-order valence-electron chi connectivity index (χ3n) is 4.86. The highest BCUT2D eigenvalue weighted by Crippen LogP contribution is 2.25. The molecule has 0 saturated carbocycles. The number of aliphatic hydroxyl groups is 1. The van der Waals surface area contributed by atoms with Crippen molar-refractivity contribution in [1.29, 1.82) is 0 Å². The Morgan fingerprint density at radius 2 is 2.10 bits per heavy atom. The van der Waals surface area contributed by atoms with Gasteiger partial charge in [-0.3, -0.25) is 9.69 Å². The first-order valence-corrected chi connectivity index (χ1v) is 10.2. The second-order valence-corrected chi connectivity index (χ2v) is 7.36. The molecule has 29 heavy (non-hydrogen) atoms. The number of carbonyl (C=O) groups excluding carboxylic acids is 1. The molecule has 1 aliphatic heterocycles. The monoisotopic (exact) mass is 418 g/mol. The molecule has 0 bridgehead atoms. The SMILES string of the molecule is CCOc1ccc(NC(=O)CCN2CCOC(c3ccc(Cl)cc3)C2)cc1CO. The number of rotatable bonds is 8. The number of amides is 1. The average molecular weight is 419 g/mol. The highest BCUT2D eigenvalue weighted by molar-refractivity contribution is 6.30. The zero-order valence-corrected chi connectivity index (χ0v) is 17.3. The van der Waals surface area contributed by atoms with Crippen LogP contribution >= 0.6 is 11.6 Å². The summed E-state index contributed by atoms with van der Waals surface area (Å²) in [4.78, 5) is 14.6. The Hall–Kier alpha value is -2.12. The Bertz CT molecular complexity index is 813. The van der Waals surface area contributed by atoms with Gasteiger partial charge < -0.3 is 19.9 Å². The predicted molar refractivity (Wildman–Crippen MR) is 113 cm³/mol. The molecule has 1 atom stereocenters. The van der Waals surface area contributed by atoms with E-state index in [2.05, 4.69) is 10.2 Å². The van der Waals surface area contributed by atoms with Gasteiger partial charge in [-0.15, -0.1) is 0 Å². The fourth-order valence-corrected chi connectivity index (χ4v) is 3.47. The van der Waals surface area contributed by atoms with Gasteiger partial charge in [0.15, 0.2) is 0 Å². The maximum absolute atomic E-state index is 12.4. The third-order valence-corrected chi connectivity index (χ3v) is 5.11. The van der Waals surface area contributed by atoms with E-state index in [4.69, 9.17) is 21.1 Å². The van der Waals surface area contributed by atoms with E-state index in [0.717, 1.165) is 18.7 Å². The fraction of sp³-hybridized carbons (Fsp3) is 0.409. The number of carbonyl (C=O) groups is 1. The van der Waals surface area contributed by atoms with Crippen LogP contribution in [0.5, 0.6) is 5.75 Å². The van der Waals surface area contributed by atoms with Crippen LogP contribution in [0.25, 0.3) is 0 Å². The summed E-state index contributed by atoms with van der Waals surface area (Å²) in [5.41, 5.74) is 2.40. The zero-order valence-electron chi connectivity index (χ0n) is 16.6. The van der Waals surface area contributed by atoms with Crippen LogP contribution in [0, 0.1) is 0 Å². The molecule has 1 aliphatic rings. The molecule has 0 spiro atoms. The van der Waals surface area contributed by atoms with Crippen LogP contribution in [-0.2, 0) is 16.1 Å². The second kappa shape index (κ2) is 10.6. The first kappa shape index (κ1) is 21.6. The second-order valence-electron chi connectivity index (χ2n) is 6.92. The van der Waals surface area contributed by atoms with E-state index in [9.17, 15) is 9.90 Å². The highest BCUT2D eigenvalue weighted by Gasteiger charge is 2.22. The minimum atomic E-state index is -0.140. The lowest BCUT2D eigenvalue weighted by molar-refractivity contribution is -0.117. The standard InChI is InChI=1S/C22H27ClN2O4/c1-2-28-20-8-7-19(13-17(20)15-26)24-22(27)9-10-25-11-12-29-21(14-25)16-3-5-18(23)6-4-16/h3-8,13,21,26H,2,9-12,14-15H2,1H3,(H,24,27). The van der Waals surface area contributed by atoms with Crippen molar-refractivity contribution in [3.63, 3.8) is 0 Å². The predicted octanol–water partition coefficient (Wildman–Crippen LogP) is 3.63. The van der Waals surface area contributed by atoms with Gasteiger partial charge in [-0.05, 0) is 42.8 Å². The topological polar surface area (TPSA) is 71.0 Å². The molecule has 2 aromatic carbocycles. The number of halogens is 1. The lowest BCUT2D eigenvalue weighted by atomic mass is 10.1. The number of hydrogen-bond donors (Lipinski definition) is 2. The van der Waals surface area contributed by atoms with Gasteiger partial charge in [-0.25, -0.2) is 0 Å². The van der Waals surface area contributed by atoms with Crippen LogP contribution in [0.1, 0.15) is 30.6 Å². The number of aliphatic hydroxyl groups excluding tert-OH is 1. The third kappa shape index (κ3) is 6.18. The van der Waals surface area contributed by atoms with Gasteiger partial charge in [-0.2, -0.15) is 0 Å². The minimum absolute atomic E-state index is 0.0118. The lowest BCUT2D eigenvalue weighted by Gasteiger charge is -2.33. The smallest absolute Gasteiger partial charge is 0.225 e. The van der Waals surface area contributed by atoms with Crippen molar-refractivity contribution in [1.82, 2.24) is 4.90 Å². The van der Waals surface area contributed by atoms with Crippen LogP contribution in [0.4, 0.5) is 5.69 Å². The summed E-state index contributed by atoms with van der Waals surface area (Å²) in [5, 5.41) is 13.1. The summed E-state index contributed by atoms with van der Waals surface area (Å²) in [7, 11) is 0. The minimum Gasteiger partial charge on any atom is -0.494 e. The summed E-state index contributed by atoms with van der Waals surface area (Å²) in [6.45, 7) is 5.10. The van der Waals surface area contributed by atoms with Gasteiger partial charge in [0.25, 0.3) is 0 Å². The van der Waals surface area contributed by atoms with Crippen LogP contribution in [0.15, 0.2) is 42.5 Å². The number of ether oxygens (including phenoxy) is 2. The van der Waals surface area contributed by atoms with Crippen LogP contribution in [0.2, 0.25) is 5.02 Å². The van der Waals surface area contributed by atoms with Gasteiger partial charge in [-0.1, -0.05) is 23.7 Å². The number of morpholine rings is 1. The molecule has 2 aromatic rings. The first-order chi connectivity index (χ1) is 14.1. The quantitative estimate of drug-likeness (QED) is 0.685. The molecule has 0 aromatic heterocycles. The van der Waals surface area contributed by atoms with E-state index >= 15 is 0 Å². The van der Waals surface area contributed by atoms with Crippen molar-refractivity contribution in [3.8, 4) is 5.75 Å². The summed E-state index contributed by atoms with van der Waals surface area (Å²) in [6.07, 6.45) is 0.372. The van der Waals surface area contributed by atoms with Crippen molar-refractivity contribution in [2.45, 2.75) is 26.1 Å².